The topological polar surface area (TPSA) is 110 Å². The summed E-state index contributed by atoms with van der Waals surface area (Å²) in [5, 5.41) is 19.5. The first-order chi connectivity index (χ1) is 11.7. The summed E-state index contributed by atoms with van der Waals surface area (Å²) in [5.41, 5.74) is 1.32. The molecular formula is C16H14N6O2. The van der Waals surface area contributed by atoms with Crippen molar-refractivity contribution >= 4 is 11.7 Å². The van der Waals surface area contributed by atoms with Gasteiger partial charge in [0.25, 0.3) is 0 Å². The minimum Gasteiger partial charge on any atom is -0.360 e. The third kappa shape index (κ3) is 3.47. The van der Waals surface area contributed by atoms with Crippen LogP contribution in [0, 0.1) is 18.3 Å². The van der Waals surface area contributed by atoms with Crippen LogP contribution in [-0.4, -0.2) is 25.8 Å². The third-order valence-electron chi connectivity index (χ3n) is 3.31. The average Bonchev–Trinajstić information content (AvgIpc) is 3.22. The zero-order chi connectivity index (χ0) is 16.9. The summed E-state index contributed by atoms with van der Waals surface area (Å²) in [6.45, 7) is 2.11. The molecule has 8 nitrogen and oxygen atoms in total. The lowest BCUT2D eigenvalue weighted by molar-refractivity contribution is -0.116. The molecule has 1 amide bonds. The zero-order valence-electron chi connectivity index (χ0n) is 12.9. The highest BCUT2D eigenvalue weighted by atomic mass is 16.5. The first-order valence-electron chi connectivity index (χ1n) is 7.27. The van der Waals surface area contributed by atoms with E-state index in [0.29, 0.717) is 29.5 Å². The van der Waals surface area contributed by atoms with Crippen molar-refractivity contribution < 1.29 is 9.32 Å². The first kappa shape index (κ1) is 15.4. The largest absolute Gasteiger partial charge is 0.360 e. The van der Waals surface area contributed by atoms with Crippen molar-refractivity contribution in [3.8, 4) is 17.5 Å². The summed E-state index contributed by atoms with van der Waals surface area (Å²) in [7, 11) is 0. The number of nitrogens with zero attached hydrogens (tertiary/aromatic N) is 5. The van der Waals surface area contributed by atoms with Gasteiger partial charge in [-0.25, -0.2) is 9.67 Å². The highest BCUT2D eigenvalue weighted by molar-refractivity contribution is 5.89. The SMILES string of the molecule is Cc1cc(NC(=O)CCn2ncnc2-c2cccc(C#N)c2)no1. The standard InChI is InChI=1S/C16H14N6O2/c1-11-7-14(21-24-11)20-15(23)5-6-22-16(18-10-19-22)13-4-2-3-12(8-13)9-17/h2-4,7-8,10H,5-6H2,1H3,(H,20,21,23). The Kier molecular flexibility index (Phi) is 4.34. The summed E-state index contributed by atoms with van der Waals surface area (Å²) >= 11 is 0. The highest BCUT2D eigenvalue weighted by Crippen LogP contribution is 2.18. The van der Waals surface area contributed by atoms with E-state index in [-0.39, 0.29) is 12.3 Å². The van der Waals surface area contributed by atoms with Crippen LogP contribution in [-0.2, 0) is 11.3 Å². The van der Waals surface area contributed by atoms with Crippen molar-refractivity contribution in [3.63, 3.8) is 0 Å². The van der Waals surface area contributed by atoms with Crippen LogP contribution in [0.5, 0.6) is 0 Å². The number of amides is 1. The molecule has 1 N–H and O–H groups in total. The zero-order valence-corrected chi connectivity index (χ0v) is 12.9. The van der Waals surface area contributed by atoms with Crippen molar-refractivity contribution in [1.29, 1.82) is 5.26 Å². The number of carbonyl (C=O) groups excluding carboxylic acids is 1. The summed E-state index contributed by atoms with van der Waals surface area (Å²) in [4.78, 5) is 16.2. The van der Waals surface area contributed by atoms with Crippen molar-refractivity contribution in [1.82, 2.24) is 19.9 Å². The Hall–Kier alpha value is -3.47. The van der Waals surface area contributed by atoms with Crippen LogP contribution in [0.1, 0.15) is 17.7 Å². The minimum absolute atomic E-state index is 0.199. The number of hydrogen-bond acceptors (Lipinski definition) is 6. The number of nitrogens with one attached hydrogen (secondary N) is 1. The van der Waals surface area contributed by atoms with Gasteiger partial charge in [-0.3, -0.25) is 4.79 Å². The Morgan fingerprint density at radius 1 is 1.42 bits per heavy atom. The Morgan fingerprint density at radius 3 is 3.04 bits per heavy atom. The van der Waals surface area contributed by atoms with E-state index >= 15 is 0 Å². The van der Waals surface area contributed by atoms with Gasteiger partial charge >= 0.3 is 0 Å². The molecule has 0 saturated carbocycles. The van der Waals surface area contributed by atoms with E-state index in [1.165, 1.54) is 6.33 Å². The maximum atomic E-state index is 12.0. The lowest BCUT2D eigenvalue weighted by Gasteiger charge is -2.06. The second-order valence-corrected chi connectivity index (χ2v) is 5.12. The summed E-state index contributed by atoms with van der Waals surface area (Å²) in [6, 6.07) is 10.8. The predicted molar refractivity (Wildman–Crippen MR) is 84.7 cm³/mol. The number of carbonyl (C=O) groups is 1. The Labute approximate surface area is 137 Å². The molecule has 0 unspecified atom stereocenters. The van der Waals surface area contributed by atoms with Gasteiger partial charge in [-0.1, -0.05) is 17.3 Å². The fourth-order valence-electron chi connectivity index (χ4n) is 2.22. The molecule has 0 spiro atoms. The van der Waals surface area contributed by atoms with Crippen LogP contribution in [0.25, 0.3) is 11.4 Å². The molecule has 0 aliphatic carbocycles. The normalized spacial score (nSPS) is 10.3. The molecule has 0 atom stereocenters. The van der Waals surface area contributed by atoms with Gasteiger partial charge < -0.3 is 9.84 Å². The third-order valence-corrected chi connectivity index (χ3v) is 3.31. The summed E-state index contributed by atoms with van der Waals surface area (Å²) in [6.07, 6.45) is 1.63. The highest BCUT2D eigenvalue weighted by Gasteiger charge is 2.11. The molecule has 0 aliphatic rings. The number of rotatable bonds is 5. The van der Waals surface area contributed by atoms with Gasteiger partial charge in [0.05, 0.1) is 18.2 Å². The summed E-state index contributed by atoms with van der Waals surface area (Å²) < 4.78 is 6.52. The number of nitriles is 1. The maximum absolute atomic E-state index is 12.0. The number of anilines is 1. The van der Waals surface area contributed by atoms with Crippen LogP contribution >= 0.6 is 0 Å². The van der Waals surface area contributed by atoms with Crippen LogP contribution in [0.4, 0.5) is 5.82 Å². The van der Waals surface area contributed by atoms with Gasteiger partial charge in [0.1, 0.15) is 12.1 Å². The second kappa shape index (κ2) is 6.75. The number of aromatic nitrogens is 4. The fourth-order valence-corrected chi connectivity index (χ4v) is 2.22. The molecule has 2 heterocycles. The molecule has 0 aliphatic heterocycles. The molecule has 0 fully saturated rings. The van der Waals surface area contributed by atoms with Crippen molar-refractivity contribution in [2.75, 3.05) is 5.32 Å². The average molecular weight is 322 g/mol. The van der Waals surface area contributed by atoms with Gasteiger partial charge in [-0.15, -0.1) is 0 Å². The molecule has 0 bridgehead atoms. The van der Waals surface area contributed by atoms with Crippen LogP contribution in [0.2, 0.25) is 0 Å². The Balaban J connectivity index is 1.67. The second-order valence-electron chi connectivity index (χ2n) is 5.12. The van der Waals surface area contributed by atoms with E-state index < -0.39 is 0 Å². The van der Waals surface area contributed by atoms with Crippen molar-refractivity contribution in [3.05, 3.63) is 48.0 Å². The minimum atomic E-state index is -0.199. The van der Waals surface area contributed by atoms with Crippen LogP contribution in [0.15, 0.2) is 41.2 Å². The fraction of sp³-hybridized carbons (Fsp3) is 0.188. The lowest BCUT2D eigenvalue weighted by atomic mass is 10.1. The van der Waals surface area contributed by atoms with Crippen LogP contribution < -0.4 is 5.32 Å². The molecule has 120 valence electrons. The predicted octanol–water partition coefficient (Wildman–Crippen LogP) is 2.14. The van der Waals surface area contributed by atoms with Gasteiger partial charge in [0.2, 0.25) is 5.91 Å². The number of hydrogen-bond donors (Lipinski definition) is 1. The van der Waals surface area contributed by atoms with E-state index in [4.69, 9.17) is 9.78 Å². The van der Waals surface area contributed by atoms with Gasteiger partial charge in [-0.05, 0) is 19.1 Å². The molecule has 1 aromatic carbocycles. The van der Waals surface area contributed by atoms with E-state index in [1.807, 2.05) is 6.07 Å². The molecule has 24 heavy (non-hydrogen) atoms. The van der Waals surface area contributed by atoms with Gasteiger partial charge in [0, 0.05) is 18.1 Å². The van der Waals surface area contributed by atoms with Crippen molar-refractivity contribution in [2.45, 2.75) is 19.9 Å². The number of aryl methyl sites for hydroxylation is 2. The Bertz CT molecular complexity index is 905. The summed E-state index contributed by atoms with van der Waals surface area (Å²) in [5.74, 6) is 1.42. The van der Waals surface area contributed by atoms with Gasteiger partial charge in [-0.2, -0.15) is 10.4 Å². The Morgan fingerprint density at radius 2 is 2.29 bits per heavy atom. The molecular weight excluding hydrogens is 308 g/mol. The smallest absolute Gasteiger partial charge is 0.227 e. The first-order valence-corrected chi connectivity index (χ1v) is 7.27. The van der Waals surface area contributed by atoms with E-state index in [1.54, 1.807) is 35.9 Å². The molecule has 3 rings (SSSR count). The molecule has 2 aromatic heterocycles. The molecule has 3 aromatic rings. The molecule has 8 heteroatoms. The van der Waals surface area contributed by atoms with Crippen LogP contribution in [0.3, 0.4) is 0 Å². The molecule has 0 radical (unpaired) electrons. The van der Waals surface area contributed by atoms with E-state index in [2.05, 4.69) is 26.6 Å². The number of benzene rings is 1. The van der Waals surface area contributed by atoms with Crippen molar-refractivity contribution in [2.24, 2.45) is 0 Å². The van der Waals surface area contributed by atoms with Gasteiger partial charge in [0.15, 0.2) is 11.6 Å². The van der Waals surface area contributed by atoms with E-state index in [9.17, 15) is 4.79 Å². The monoisotopic (exact) mass is 322 g/mol. The lowest BCUT2D eigenvalue weighted by Crippen LogP contribution is -2.15. The van der Waals surface area contributed by atoms with E-state index in [0.717, 1.165) is 5.56 Å². The quantitative estimate of drug-likeness (QED) is 0.770. The maximum Gasteiger partial charge on any atom is 0.227 e. The molecule has 0 saturated heterocycles.